The van der Waals surface area contributed by atoms with E-state index >= 15 is 0 Å². The maximum absolute atomic E-state index is 1.75. The van der Waals surface area contributed by atoms with E-state index in [0.29, 0.717) is 0 Å². The minimum atomic E-state index is 1.34. The van der Waals surface area contributed by atoms with Crippen LogP contribution in [0.4, 0.5) is 0 Å². The van der Waals surface area contributed by atoms with Crippen molar-refractivity contribution in [3.63, 3.8) is 0 Å². The van der Waals surface area contributed by atoms with E-state index in [-0.39, 0.29) is 0 Å². The topological polar surface area (TPSA) is 0 Å². The lowest BCUT2D eigenvalue weighted by Gasteiger charge is -1.67. The molecule has 0 amide bonds. The first-order valence-corrected chi connectivity index (χ1v) is 6.04. The Kier molecular flexibility index (Phi) is 0.645. The Morgan fingerprint density at radius 1 is 0.267 bits per heavy atom. The maximum Gasteiger partial charge on any atom is -0.00139 e. The monoisotopic (exact) mass is 190 g/mol. The molecule has 0 heterocycles. The molecule has 0 spiro atoms. The highest BCUT2D eigenvalue weighted by molar-refractivity contribution is 5.76. The van der Waals surface area contributed by atoms with E-state index in [1.165, 1.54) is 32.1 Å². The third-order valence-corrected chi connectivity index (χ3v) is 4.79. The van der Waals surface area contributed by atoms with Crippen LogP contribution in [0, 0.1) is 0 Å². The fraction of sp³-hybridized carbons (Fsp3) is 0.333. The molecule has 5 aliphatic rings. The minimum Gasteiger partial charge on any atom is -0.0359 e. The molecule has 0 saturated heterocycles. The summed E-state index contributed by atoms with van der Waals surface area (Å²) in [7, 11) is 0. The molecule has 0 fully saturated rings. The van der Waals surface area contributed by atoms with Gasteiger partial charge in [0.05, 0.1) is 0 Å². The average molecular weight is 190 g/mol. The van der Waals surface area contributed by atoms with Gasteiger partial charge in [-0.15, -0.1) is 0 Å². The summed E-state index contributed by atoms with van der Waals surface area (Å²) in [5.74, 6) is 0. The van der Waals surface area contributed by atoms with Gasteiger partial charge in [-0.1, -0.05) is 0 Å². The van der Waals surface area contributed by atoms with Gasteiger partial charge < -0.3 is 0 Å². The van der Waals surface area contributed by atoms with Crippen LogP contribution in [0.3, 0.4) is 0 Å². The van der Waals surface area contributed by atoms with Crippen LogP contribution < -0.4 is 0 Å². The molecule has 70 valence electrons. The molecular formula is C15H10. The van der Waals surface area contributed by atoms with E-state index in [0.717, 1.165) is 0 Å². The van der Waals surface area contributed by atoms with Crippen LogP contribution in [0.25, 0.3) is 0 Å². The highest BCUT2D eigenvalue weighted by Gasteiger charge is 2.43. The van der Waals surface area contributed by atoms with Crippen LogP contribution in [0.5, 0.6) is 0 Å². The third-order valence-electron chi connectivity index (χ3n) is 4.79. The smallest absolute Gasteiger partial charge is 0.00139 e. The molecule has 0 unspecified atom stereocenters. The second-order valence-corrected chi connectivity index (χ2v) is 5.67. The zero-order valence-corrected chi connectivity index (χ0v) is 8.54. The van der Waals surface area contributed by atoms with Gasteiger partial charge in [-0.2, -0.15) is 0 Å². The molecule has 0 atom stereocenters. The predicted molar refractivity (Wildman–Crippen MR) is 58.1 cm³/mol. The van der Waals surface area contributed by atoms with E-state index in [1.807, 2.05) is 0 Å². The second kappa shape index (κ2) is 1.53. The molecule has 0 radical (unpaired) electrons. The van der Waals surface area contributed by atoms with Crippen LogP contribution in [0.2, 0.25) is 0 Å². The Balaban J connectivity index is 1.89. The Bertz CT molecular complexity index is 460. The van der Waals surface area contributed by atoms with Gasteiger partial charge in [-0.05, 0) is 87.7 Å². The zero-order valence-electron chi connectivity index (χ0n) is 8.54. The van der Waals surface area contributed by atoms with Crippen molar-refractivity contribution >= 4 is 0 Å². The lowest BCUT2D eigenvalue weighted by Crippen LogP contribution is -1.50. The van der Waals surface area contributed by atoms with Gasteiger partial charge in [0.2, 0.25) is 0 Å². The van der Waals surface area contributed by atoms with Gasteiger partial charge in [0.1, 0.15) is 0 Å². The molecule has 1 aromatic carbocycles. The largest absolute Gasteiger partial charge is 0.0359 e. The average Bonchev–Trinajstić information content (AvgIpc) is 3.08. The molecule has 1 aromatic rings. The van der Waals surface area contributed by atoms with Crippen molar-refractivity contribution in [3.8, 4) is 0 Å². The van der Waals surface area contributed by atoms with Crippen molar-refractivity contribution in [3.05, 3.63) is 55.6 Å². The SMILES string of the molecule is C1c2c3c(c4c(c5c(c6c(c21)C6)C5)C4)C3. The summed E-state index contributed by atoms with van der Waals surface area (Å²) < 4.78 is 0. The molecule has 0 aromatic heterocycles. The van der Waals surface area contributed by atoms with E-state index in [2.05, 4.69) is 0 Å². The fourth-order valence-corrected chi connectivity index (χ4v) is 3.55. The van der Waals surface area contributed by atoms with Gasteiger partial charge in [0.25, 0.3) is 0 Å². The molecule has 0 saturated carbocycles. The Morgan fingerprint density at radius 3 is 0.533 bits per heavy atom. The Morgan fingerprint density at radius 2 is 0.400 bits per heavy atom. The number of rotatable bonds is 0. The first-order valence-electron chi connectivity index (χ1n) is 6.04. The molecule has 0 nitrogen and oxygen atoms in total. The lowest BCUT2D eigenvalue weighted by atomic mass is 10.4. The number of fused-ring (bicyclic) bond motifs is 10. The number of hydrogen-bond acceptors (Lipinski definition) is 0. The lowest BCUT2D eigenvalue weighted by molar-refractivity contribution is 1.51. The maximum atomic E-state index is 1.75. The Labute approximate surface area is 88.3 Å². The third kappa shape index (κ3) is 0.613. The van der Waals surface area contributed by atoms with Crippen LogP contribution in [0.15, 0.2) is 0 Å². The van der Waals surface area contributed by atoms with Crippen molar-refractivity contribution in [1.82, 2.24) is 0 Å². The summed E-state index contributed by atoms with van der Waals surface area (Å²) in [5.41, 5.74) is 17.5. The van der Waals surface area contributed by atoms with Gasteiger partial charge >= 0.3 is 0 Å². The summed E-state index contributed by atoms with van der Waals surface area (Å²) in [6.45, 7) is 0. The van der Waals surface area contributed by atoms with E-state index in [4.69, 9.17) is 0 Å². The standard InChI is InChI=1S/C15H10/c1-6-7(1)9-3-11(9)13-5-15(13)14-4-12(14)10-2-8(6)10/h1-5H2. The predicted octanol–water partition coefficient (Wildman–Crippen LogP) is 2.33. The molecule has 0 bridgehead atoms. The van der Waals surface area contributed by atoms with Gasteiger partial charge in [-0.25, -0.2) is 0 Å². The Hall–Kier alpha value is -1.30. The summed E-state index contributed by atoms with van der Waals surface area (Å²) in [5, 5.41) is 0. The van der Waals surface area contributed by atoms with Crippen molar-refractivity contribution in [2.24, 2.45) is 0 Å². The van der Waals surface area contributed by atoms with Crippen LogP contribution in [-0.4, -0.2) is 0 Å². The van der Waals surface area contributed by atoms with Crippen molar-refractivity contribution in [1.29, 1.82) is 0 Å². The van der Waals surface area contributed by atoms with Crippen LogP contribution in [0.1, 0.15) is 55.6 Å². The molecule has 0 heteroatoms. The molecule has 5 aliphatic carbocycles. The second-order valence-electron chi connectivity index (χ2n) is 5.67. The summed E-state index contributed by atoms with van der Waals surface area (Å²) in [6, 6.07) is 0. The van der Waals surface area contributed by atoms with Crippen molar-refractivity contribution in [2.45, 2.75) is 32.1 Å². The highest BCUT2D eigenvalue weighted by Crippen LogP contribution is 2.55. The van der Waals surface area contributed by atoms with Gasteiger partial charge in [0, 0.05) is 0 Å². The van der Waals surface area contributed by atoms with Gasteiger partial charge in [0.15, 0.2) is 0 Å². The number of hydrogen-bond donors (Lipinski definition) is 0. The normalized spacial score (nSPS) is 20.0. The quantitative estimate of drug-likeness (QED) is 0.345. The summed E-state index contributed by atoms with van der Waals surface area (Å²) in [6.07, 6.45) is 6.68. The highest BCUT2D eigenvalue weighted by atomic mass is 14.5. The molecule has 0 N–H and O–H groups in total. The zero-order chi connectivity index (χ0) is 9.31. The summed E-state index contributed by atoms with van der Waals surface area (Å²) in [4.78, 5) is 0. The van der Waals surface area contributed by atoms with Crippen LogP contribution in [-0.2, 0) is 32.1 Å². The van der Waals surface area contributed by atoms with E-state index in [9.17, 15) is 0 Å². The molecular weight excluding hydrogens is 180 g/mol. The first-order chi connectivity index (χ1) is 7.42. The molecule has 15 heavy (non-hydrogen) atoms. The molecule has 6 rings (SSSR count). The van der Waals surface area contributed by atoms with Crippen molar-refractivity contribution < 1.29 is 0 Å². The van der Waals surface area contributed by atoms with Crippen molar-refractivity contribution in [2.75, 3.05) is 0 Å². The van der Waals surface area contributed by atoms with Crippen LogP contribution >= 0.6 is 0 Å². The van der Waals surface area contributed by atoms with E-state index in [1.54, 1.807) is 55.6 Å². The first kappa shape index (κ1) is 6.32. The fourth-order valence-electron chi connectivity index (χ4n) is 3.55. The van der Waals surface area contributed by atoms with E-state index < -0.39 is 0 Å². The summed E-state index contributed by atoms with van der Waals surface area (Å²) >= 11 is 0. The minimum absolute atomic E-state index is 1.34. The molecule has 0 aliphatic heterocycles. The van der Waals surface area contributed by atoms with Gasteiger partial charge in [-0.3, -0.25) is 0 Å².